The maximum atomic E-state index is 12.3. The molecular formula is C18H20N4O. The Morgan fingerprint density at radius 1 is 1.22 bits per heavy atom. The lowest BCUT2D eigenvalue weighted by Crippen LogP contribution is -2.29. The minimum absolute atomic E-state index is 0.0206. The van der Waals surface area contributed by atoms with E-state index in [0.29, 0.717) is 13.1 Å². The number of hydrogen-bond acceptors (Lipinski definition) is 3. The van der Waals surface area contributed by atoms with Crippen molar-refractivity contribution < 1.29 is 4.79 Å². The molecule has 23 heavy (non-hydrogen) atoms. The second kappa shape index (κ2) is 6.62. The van der Waals surface area contributed by atoms with E-state index >= 15 is 0 Å². The molecule has 1 amide bonds. The van der Waals surface area contributed by atoms with Crippen LogP contribution in [0.2, 0.25) is 0 Å². The normalized spacial score (nSPS) is 11.1. The molecule has 0 fully saturated rings. The van der Waals surface area contributed by atoms with Crippen LogP contribution in [0.15, 0.2) is 54.9 Å². The first kappa shape index (κ1) is 15.2. The van der Waals surface area contributed by atoms with Crippen LogP contribution in [-0.2, 0) is 18.4 Å². The monoisotopic (exact) mass is 308 g/mol. The summed E-state index contributed by atoms with van der Waals surface area (Å²) in [5.41, 5.74) is 1.94. The molecule has 0 bridgehead atoms. The van der Waals surface area contributed by atoms with Crippen molar-refractivity contribution in [2.75, 3.05) is 18.9 Å². The molecule has 0 aliphatic rings. The number of anilines is 1. The Morgan fingerprint density at radius 2 is 2.00 bits per heavy atom. The zero-order valence-electron chi connectivity index (χ0n) is 13.4. The van der Waals surface area contributed by atoms with Crippen LogP contribution in [-0.4, -0.2) is 34.2 Å². The van der Waals surface area contributed by atoms with Gasteiger partial charge in [-0.15, -0.1) is 0 Å². The van der Waals surface area contributed by atoms with Gasteiger partial charge in [-0.3, -0.25) is 14.4 Å². The summed E-state index contributed by atoms with van der Waals surface area (Å²) in [6.45, 7) is 1.02. The molecule has 0 spiro atoms. The molecule has 3 rings (SSSR count). The minimum atomic E-state index is -0.0206. The summed E-state index contributed by atoms with van der Waals surface area (Å²) in [7, 11) is 3.81. The lowest BCUT2D eigenvalue weighted by Gasteiger charge is -2.16. The molecule has 0 saturated heterocycles. The largest absolute Gasteiger partial charge is 0.324 e. The summed E-state index contributed by atoms with van der Waals surface area (Å²) >= 11 is 0. The summed E-state index contributed by atoms with van der Waals surface area (Å²) < 4.78 is 1.76. The van der Waals surface area contributed by atoms with Crippen LogP contribution in [0.25, 0.3) is 10.8 Å². The van der Waals surface area contributed by atoms with Gasteiger partial charge in [0.1, 0.15) is 0 Å². The fraction of sp³-hybridized carbons (Fsp3) is 0.222. The first-order chi connectivity index (χ1) is 11.1. The van der Waals surface area contributed by atoms with Crippen LogP contribution in [0.4, 0.5) is 5.69 Å². The lowest BCUT2D eigenvalue weighted by atomic mass is 10.1. The number of aromatic nitrogens is 2. The van der Waals surface area contributed by atoms with E-state index in [4.69, 9.17) is 0 Å². The summed E-state index contributed by atoms with van der Waals surface area (Å²) in [5.74, 6) is -0.0206. The van der Waals surface area contributed by atoms with Crippen LogP contribution in [0.5, 0.6) is 0 Å². The number of nitrogens with zero attached hydrogens (tertiary/aromatic N) is 3. The molecule has 0 aliphatic heterocycles. The Bertz CT molecular complexity index is 819. The first-order valence-corrected chi connectivity index (χ1v) is 7.55. The average molecular weight is 308 g/mol. The fourth-order valence-electron chi connectivity index (χ4n) is 2.69. The van der Waals surface area contributed by atoms with E-state index in [1.54, 1.807) is 4.68 Å². The van der Waals surface area contributed by atoms with Crippen LogP contribution >= 0.6 is 0 Å². The van der Waals surface area contributed by atoms with Gasteiger partial charge in [0.15, 0.2) is 0 Å². The summed E-state index contributed by atoms with van der Waals surface area (Å²) in [6, 6.07) is 14.0. The minimum Gasteiger partial charge on any atom is -0.324 e. The van der Waals surface area contributed by atoms with Crippen molar-refractivity contribution >= 4 is 22.4 Å². The summed E-state index contributed by atoms with van der Waals surface area (Å²) in [4.78, 5) is 14.3. The molecule has 118 valence electrons. The SMILES string of the molecule is CN(CC(=O)Nc1cccc2ccccc12)Cc1cnn(C)c1. The van der Waals surface area contributed by atoms with E-state index < -0.39 is 0 Å². The molecule has 1 aromatic heterocycles. The van der Waals surface area contributed by atoms with Gasteiger partial charge in [0, 0.05) is 36.4 Å². The van der Waals surface area contributed by atoms with E-state index in [9.17, 15) is 4.79 Å². The standard InChI is InChI=1S/C18H20N4O/c1-21(11-14-10-19-22(2)12-14)13-18(23)20-17-9-5-7-15-6-3-4-8-16(15)17/h3-10,12H,11,13H2,1-2H3,(H,20,23). The van der Waals surface area contributed by atoms with Crippen molar-refractivity contribution in [2.45, 2.75) is 6.54 Å². The van der Waals surface area contributed by atoms with E-state index in [-0.39, 0.29) is 5.91 Å². The van der Waals surface area contributed by atoms with Crippen LogP contribution in [0.1, 0.15) is 5.56 Å². The van der Waals surface area contributed by atoms with E-state index in [1.807, 2.05) is 73.9 Å². The number of benzene rings is 2. The van der Waals surface area contributed by atoms with E-state index in [1.165, 1.54) is 0 Å². The number of amides is 1. The van der Waals surface area contributed by atoms with Crippen molar-refractivity contribution in [1.29, 1.82) is 0 Å². The van der Waals surface area contributed by atoms with Crippen molar-refractivity contribution in [2.24, 2.45) is 7.05 Å². The summed E-state index contributed by atoms with van der Waals surface area (Å²) in [6.07, 6.45) is 3.78. The molecule has 0 atom stereocenters. The predicted octanol–water partition coefficient (Wildman–Crippen LogP) is 2.64. The number of fused-ring (bicyclic) bond motifs is 1. The average Bonchev–Trinajstić information content (AvgIpc) is 2.92. The third-order valence-corrected chi connectivity index (χ3v) is 3.69. The zero-order valence-corrected chi connectivity index (χ0v) is 13.4. The quantitative estimate of drug-likeness (QED) is 0.788. The highest BCUT2D eigenvalue weighted by atomic mass is 16.2. The third-order valence-electron chi connectivity index (χ3n) is 3.69. The first-order valence-electron chi connectivity index (χ1n) is 7.55. The topological polar surface area (TPSA) is 50.2 Å². The number of hydrogen-bond donors (Lipinski definition) is 1. The van der Waals surface area contributed by atoms with Gasteiger partial charge >= 0.3 is 0 Å². The van der Waals surface area contributed by atoms with Gasteiger partial charge < -0.3 is 5.32 Å². The van der Waals surface area contributed by atoms with Crippen LogP contribution in [0, 0.1) is 0 Å². The van der Waals surface area contributed by atoms with Crippen molar-refractivity contribution in [3.05, 3.63) is 60.4 Å². The van der Waals surface area contributed by atoms with Crippen LogP contribution < -0.4 is 5.32 Å². The zero-order chi connectivity index (χ0) is 16.2. The lowest BCUT2D eigenvalue weighted by molar-refractivity contribution is -0.117. The second-order valence-electron chi connectivity index (χ2n) is 5.77. The third kappa shape index (κ3) is 3.76. The molecule has 1 heterocycles. The molecule has 0 unspecified atom stereocenters. The van der Waals surface area contributed by atoms with Gasteiger partial charge in [0.25, 0.3) is 0 Å². The number of aryl methyl sites for hydroxylation is 1. The van der Waals surface area contributed by atoms with Crippen molar-refractivity contribution in [3.8, 4) is 0 Å². The molecule has 5 heteroatoms. The Kier molecular flexibility index (Phi) is 4.39. The predicted molar refractivity (Wildman–Crippen MR) is 92.1 cm³/mol. The smallest absolute Gasteiger partial charge is 0.238 e. The van der Waals surface area contributed by atoms with Gasteiger partial charge in [-0.05, 0) is 18.5 Å². The van der Waals surface area contributed by atoms with Gasteiger partial charge in [0.2, 0.25) is 5.91 Å². The maximum Gasteiger partial charge on any atom is 0.238 e. The van der Waals surface area contributed by atoms with Gasteiger partial charge in [0.05, 0.1) is 12.7 Å². The van der Waals surface area contributed by atoms with Crippen molar-refractivity contribution in [3.63, 3.8) is 0 Å². The molecule has 2 aromatic carbocycles. The number of likely N-dealkylation sites (N-methyl/N-ethyl adjacent to an activating group) is 1. The van der Waals surface area contributed by atoms with Crippen LogP contribution in [0.3, 0.4) is 0 Å². The summed E-state index contributed by atoms with van der Waals surface area (Å²) in [5, 5.41) is 9.32. The molecule has 0 aliphatic carbocycles. The Balaban J connectivity index is 1.64. The molecular weight excluding hydrogens is 288 g/mol. The van der Waals surface area contributed by atoms with E-state index in [0.717, 1.165) is 22.0 Å². The molecule has 0 radical (unpaired) electrons. The molecule has 3 aromatic rings. The molecule has 1 N–H and O–H groups in total. The number of rotatable bonds is 5. The Hall–Kier alpha value is -2.66. The number of carbonyl (C=O) groups is 1. The number of nitrogens with one attached hydrogen (secondary N) is 1. The highest BCUT2D eigenvalue weighted by Gasteiger charge is 2.10. The molecule has 0 saturated carbocycles. The van der Waals surface area contributed by atoms with Gasteiger partial charge in [-0.2, -0.15) is 5.10 Å². The Morgan fingerprint density at radius 3 is 2.78 bits per heavy atom. The van der Waals surface area contributed by atoms with Crippen molar-refractivity contribution in [1.82, 2.24) is 14.7 Å². The van der Waals surface area contributed by atoms with Gasteiger partial charge in [-0.1, -0.05) is 36.4 Å². The highest BCUT2D eigenvalue weighted by Crippen LogP contribution is 2.22. The highest BCUT2D eigenvalue weighted by molar-refractivity contribution is 6.02. The van der Waals surface area contributed by atoms with E-state index in [2.05, 4.69) is 10.4 Å². The number of carbonyl (C=O) groups excluding carboxylic acids is 1. The molecule has 5 nitrogen and oxygen atoms in total. The second-order valence-corrected chi connectivity index (χ2v) is 5.77. The Labute approximate surface area is 135 Å². The fourth-order valence-corrected chi connectivity index (χ4v) is 2.69. The maximum absolute atomic E-state index is 12.3. The van der Waals surface area contributed by atoms with Gasteiger partial charge in [-0.25, -0.2) is 0 Å².